The second-order valence-electron chi connectivity index (χ2n) is 9.23. The van der Waals surface area contributed by atoms with E-state index in [0.717, 1.165) is 61.7 Å². The summed E-state index contributed by atoms with van der Waals surface area (Å²) >= 11 is 0. The lowest BCUT2D eigenvalue weighted by Gasteiger charge is -2.31. The van der Waals surface area contributed by atoms with Gasteiger partial charge in [0.2, 0.25) is 0 Å². The molecule has 0 amide bonds. The van der Waals surface area contributed by atoms with Gasteiger partial charge >= 0.3 is 0 Å². The number of aliphatic hydroxyl groups excluding tert-OH is 1. The number of nitrogens with one attached hydrogen (secondary N) is 1. The van der Waals surface area contributed by atoms with Gasteiger partial charge in [-0.15, -0.1) is 0 Å². The number of fused-ring (bicyclic) bond motifs is 1. The minimum atomic E-state index is 0.247. The summed E-state index contributed by atoms with van der Waals surface area (Å²) in [5.74, 6) is 1.92. The number of H-pyrrole nitrogens is 1. The van der Waals surface area contributed by atoms with Crippen LogP contribution in [0.3, 0.4) is 0 Å². The summed E-state index contributed by atoms with van der Waals surface area (Å²) in [5.41, 5.74) is 6.95. The molecule has 1 aliphatic heterocycles. The van der Waals surface area contributed by atoms with Crippen molar-refractivity contribution in [1.29, 1.82) is 0 Å². The Morgan fingerprint density at radius 1 is 1.13 bits per heavy atom. The average Bonchev–Trinajstić information content (AvgIpc) is 3.12. The molecule has 1 aromatic carbocycles. The number of aromatic nitrogens is 2. The lowest BCUT2D eigenvalue weighted by Crippen LogP contribution is -2.37. The van der Waals surface area contributed by atoms with Crippen LogP contribution >= 0.6 is 0 Å². The van der Waals surface area contributed by atoms with Crippen LogP contribution < -0.4 is 4.74 Å². The average molecular weight is 422 g/mol. The van der Waals surface area contributed by atoms with Gasteiger partial charge < -0.3 is 19.7 Å². The molecule has 0 bridgehead atoms. The number of β-amino-alcohol motifs (C(OH)–C–C–N with tert-alkyl or cyclic N) is 1. The van der Waals surface area contributed by atoms with Gasteiger partial charge in [-0.3, -0.25) is 4.98 Å². The molecule has 166 valence electrons. The van der Waals surface area contributed by atoms with Crippen molar-refractivity contribution < 1.29 is 9.84 Å². The zero-order valence-corrected chi connectivity index (χ0v) is 19.2. The first-order valence-corrected chi connectivity index (χ1v) is 11.5. The predicted octanol–water partition coefficient (Wildman–Crippen LogP) is 5.05. The van der Waals surface area contributed by atoms with Crippen LogP contribution in [0.2, 0.25) is 0 Å². The van der Waals surface area contributed by atoms with Crippen molar-refractivity contribution in [2.75, 3.05) is 32.8 Å². The van der Waals surface area contributed by atoms with Gasteiger partial charge in [0.25, 0.3) is 0 Å². The molecule has 0 radical (unpaired) electrons. The summed E-state index contributed by atoms with van der Waals surface area (Å²) in [5, 5.41) is 10.4. The number of rotatable bonds is 7. The summed E-state index contributed by atoms with van der Waals surface area (Å²) in [4.78, 5) is 10.5. The molecule has 5 nitrogen and oxygen atoms in total. The monoisotopic (exact) mass is 421 g/mol. The van der Waals surface area contributed by atoms with E-state index < -0.39 is 0 Å². The van der Waals surface area contributed by atoms with Crippen LogP contribution in [0.25, 0.3) is 22.2 Å². The Morgan fingerprint density at radius 2 is 1.84 bits per heavy atom. The first kappa shape index (κ1) is 21.8. The van der Waals surface area contributed by atoms with E-state index in [4.69, 9.17) is 9.84 Å². The van der Waals surface area contributed by atoms with Gasteiger partial charge in [-0.05, 0) is 87.5 Å². The Bertz CT molecular complexity index is 1010. The van der Waals surface area contributed by atoms with E-state index >= 15 is 0 Å². The Morgan fingerprint density at radius 3 is 2.48 bits per heavy atom. The van der Waals surface area contributed by atoms with Crippen LogP contribution in [0.4, 0.5) is 0 Å². The number of piperidine rings is 1. The fourth-order valence-electron chi connectivity index (χ4n) is 4.82. The third-order valence-electron chi connectivity index (χ3n) is 6.37. The van der Waals surface area contributed by atoms with Crippen LogP contribution in [0.15, 0.2) is 30.3 Å². The maximum Gasteiger partial charge on any atom is 0.120 e. The van der Waals surface area contributed by atoms with Gasteiger partial charge in [0.15, 0.2) is 0 Å². The number of hydrogen-bond acceptors (Lipinski definition) is 4. The molecule has 0 spiro atoms. The molecule has 4 rings (SSSR count). The van der Waals surface area contributed by atoms with Crippen molar-refractivity contribution in [2.45, 2.75) is 46.5 Å². The lowest BCUT2D eigenvalue weighted by molar-refractivity contribution is 0.122. The minimum absolute atomic E-state index is 0.247. The standard InChI is InChI=1S/C26H35N3O2/c1-17(2)25-23-15-22(31-16-20-7-9-29(10-8-20)11-12-30)5-6-24(23)28-26(25)21-13-18(3)27-19(4)14-21/h5-6,13-15,17,20,28,30H,7-12,16H2,1-4H3. The zero-order valence-electron chi connectivity index (χ0n) is 19.2. The number of benzene rings is 1. The summed E-state index contributed by atoms with van der Waals surface area (Å²) in [7, 11) is 0. The van der Waals surface area contributed by atoms with E-state index in [-0.39, 0.29) is 6.61 Å². The Kier molecular flexibility index (Phi) is 6.63. The van der Waals surface area contributed by atoms with Crippen LogP contribution in [-0.2, 0) is 0 Å². The van der Waals surface area contributed by atoms with Gasteiger partial charge in [-0.2, -0.15) is 0 Å². The number of pyridine rings is 1. The third-order valence-corrected chi connectivity index (χ3v) is 6.37. The summed E-state index contributed by atoms with van der Waals surface area (Å²) in [6.07, 6.45) is 2.27. The highest BCUT2D eigenvalue weighted by Crippen LogP contribution is 2.37. The van der Waals surface area contributed by atoms with Crippen molar-refractivity contribution in [2.24, 2.45) is 5.92 Å². The van der Waals surface area contributed by atoms with E-state index in [9.17, 15) is 0 Å². The Balaban J connectivity index is 1.55. The summed E-state index contributed by atoms with van der Waals surface area (Å²) < 4.78 is 6.24. The number of nitrogens with zero attached hydrogens (tertiary/aromatic N) is 2. The van der Waals surface area contributed by atoms with Crippen molar-refractivity contribution in [3.63, 3.8) is 0 Å². The number of aromatic amines is 1. The number of aliphatic hydroxyl groups is 1. The third kappa shape index (κ3) is 4.94. The van der Waals surface area contributed by atoms with Gasteiger partial charge in [-0.1, -0.05) is 13.8 Å². The van der Waals surface area contributed by atoms with Crippen LogP contribution in [-0.4, -0.2) is 52.8 Å². The van der Waals surface area contributed by atoms with E-state index in [1.165, 1.54) is 22.2 Å². The number of aryl methyl sites for hydroxylation is 2. The quantitative estimate of drug-likeness (QED) is 0.560. The minimum Gasteiger partial charge on any atom is -0.493 e. The van der Waals surface area contributed by atoms with E-state index in [2.05, 4.69) is 72.9 Å². The molecule has 3 heterocycles. The molecule has 1 fully saturated rings. The number of likely N-dealkylation sites (tertiary alicyclic amines) is 1. The maximum absolute atomic E-state index is 9.11. The molecular formula is C26H35N3O2. The van der Waals surface area contributed by atoms with Gasteiger partial charge in [0, 0.05) is 34.4 Å². The Hall–Kier alpha value is -2.37. The molecule has 1 saturated heterocycles. The summed E-state index contributed by atoms with van der Waals surface area (Å²) in [6.45, 7) is 12.5. The normalized spacial score (nSPS) is 15.8. The largest absolute Gasteiger partial charge is 0.493 e. The van der Waals surface area contributed by atoms with Crippen LogP contribution in [0.1, 0.15) is 49.6 Å². The maximum atomic E-state index is 9.11. The molecular weight excluding hydrogens is 386 g/mol. The van der Waals surface area contributed by atoms with Crippen molar-refractivity contribution in [3.8, 4) is 17.0 Å². The molecule has 2 N–H and O–H groups in total. The zero-order chi connectivity index (χ0) is 22.0. The SMILES string of the molecule is Cc1cc(-c2[nH]c3ccc(OCC4CCN(CCO)CC4)cc3c2C(C)C)cc(C)n1. The van der Waals surface area contributed by atoms with Gasteiger partial charge in [0.05, 0.1) is 18.9 Å². The smallest absolute Gasteiger partial charge is 0.120 e. The number of ether oxygens (including phenoxy) is 1. The molecule has 0 aliphatic carbocycles. The van der Waals surface area contributed by atoms with Gasteiger partial charge in [0.1, 0.15) is 5.75 Å². The molecule has 31 heavy (non-hydrogen) atoms. The van der Waals surface area contributed by atoms with Crippen molar-refractivity contribution in [3.05, 3.63) is 47.3 Å². The van der Waals surface area contributed by atoms with Crippen LogP contribution in [0, 0.1) is 19.8 Å². The van der Waals surface area contributed by atoms with Crippen molar-refractivity contribution in [1.82, 2.24) is 14.9 Å². The molecule has 0 atom stereocenters. The number of hydrogen-bond donors (Lipinski definition) is 2. The fraction of sp³-hybridized carbons (Fsp3) is 0.500. The second kappa shape index (κ2) is 9.41. The highest BCUT2D eigenvalue weighted by molar-refractivity contribution is 5.92. The van der Waals surface area contributed by atoms with E-state index in [0.29, 0.717) is 11.8 Å². The van der Waals surface area contributed by atoms with E-state index in [1.54, 1.807) is 0 Å². The highest BCUT2D eigenvalue weighted by atomic mass is 16.5. The molecule has 3 aromatic rings. The van der Waals surface area contributed by atoms with Gasteiger partial charge in [-0.25, -0.2) is 0 Å². The molecule has 0 saturated carbocycles. The topological polar surface area (TPSA) is 61.4 Å². The molecule has 0 unspecified atom stereocenters. The van der Waals surface area contributed by atoms with Crippen LogP contribution in [0.5, 0.6) is 5.75 Å². The highest BCUT2D eigenvalue weighted by Gasteiger charge is 2.20. The Labute approximate surface area is 185 Å². The molecule has 5 heteroatoms. The fourth-order valence-corrected chi connectivity index (χ4v) is 4.82. The molecule has 2 aromatic heterocycles. The predicted molar refractivity (Wildman–Crippen MR) is 127 cm³/mol. The van der Waals surface area contributed by atoms with E-state index in [1.807, 2.05) is 0 Å². The first-order chi connectivity index (χ1) is 14.9. The molecule has 1 aliphatic rings. The summed E-state index contributed by atoms with van der Waals surface area (Å²) in [6, 6.07) is 10.7. The van der Waals surface area contributed by atoms with Crippen molar-refractivity contribution >= 4 is 10.9 Å². The first-order valence-electron chi connectivity index (χ1n) is 11.5. The lowest BCUT2D eigenvalue weighted by atomic mass is 9.95. The second-order valence-corrected chi connectivity index (χ2v) is 9.23.